The molecule has 0 saturated carbocycles. The highest BCUT2D eigenvalue weighted by molar-refractivity contribution is 6.30. The van der Waals surface area contributed by atoms with Crippen molar-refractivity contribution in [3.63, 3.8) is 0 Å². The summed E-state index contributed by atoms with van der Waals surface area (Å²) in [5, 5.41) is 3.76. The van der Waals surface area contributed by atoms with E-state index in [4.69, 9.17) is 11.6 Å². The fourth-order valence-corrected chi connectivity index (χ4v) is 1.92. The van der Waals surface area contributed by atoms with Gasteiger partial charge < -0.3 is 5.32 Å². The van der Waals surface area contributed by atoms with Crippen molar-refractivity contribution in [2.45, 2.75) is 45.6 Å². The molecular formula is C13H19ClFN. The molecule has 0 radical (unpaired) electrons. The standard InChI is InChI=1S/C13H19ClFN/c1-3-5-6-12(4-2)16-13-8-10(14)7-11(15)9-13/h7-9,12,16H,3-6H2,1-2H3. The minimum atomic E-state index is -0.291. The van der Waals surface area contributed by atoms with Crippen LogP contribution in [0.25, 0.3) is 0 Å². The third kappa shape index (κ3) is 4.40. The number of nitrogens with one attached hydrogen (secondary N) is 1. The van der Waals surface area contributed by atoms with Crippen molar-refractivity contribution in [1.29, 1.82) is 0 Å². The van der Waals surface area contributed by atoms with Crippen LogP contribution in [0.2, 0.25) is 5.02 Å². The Morgan fingerprint density at radius 1 is 1.31 bits per heavy atom. The number of benzene rings is 1. The van der Waals surface area contributed by atoms with Gasteiger partial charge in [0.15, 0.2) is 0 Å². The zero-order chi connectivity index (χ0) is 12.0. The average Bonchev–Trinajstić information content (AvgIpc) is 2.22. The van der Waals surface area contributed by atoms with Gasteiger partial charge in [0.05, 0.1) is 0 Å². The Hall–Kier alpha value is -0.760. The second-order valence-corrected chi connectivity index (χ2v) is 4.49. The minimum absolute atomic E-state index is 0.291. The van der Waals surface area contributed by atoms with Gasteiger partial charge >= 0.3 is 0 Å². The topological polar surface area (TPSA) is 12.0 Å². The molecule has 0 spiro atoms. The van der Waals surface area contributed by atoms with E-state index in [0.717, 1.165) is 18.5 Å². The van der Waals surface area contributed by atoms with Gasteiger partial charge in [-0.05, 0) is 31.0 Å². The van der Waals surface area contributed by atoms with Crippen molar-refractivity contribution in [3.8, 4) is 0 Å². The molecule has 0 amide bonds. The van der Waals surface area contributed by atoms with E-state index in [2.05, 4.69) is 19.2 Å². The summed E-state index contributed by atoms with van der Waals surface area (Å²) in [6, 6.07) is 4.97. The van der Waals surface area contributed by atoms with Crippen LogP contribution in [0.3, 0.4) is 0 Å². The summed E-state index contributed by atoms with van der Waals surface area (Å²) in [5.74, 6) is -0.291. The molecule has 0 saturated heterocycles. The van der Waals surface area contributed by atoms with Crippen LogP contribution in [0.1, 0.15) is 39.5 Å². The average molecular weight is 244 g/mol. The summed E-state index contributed by atoms with van der Waals surface area (Å²) >= 11 is 5.80. The zero-order valence-electron chi connectivity index (χ0n) is 9.89. The lowest BCUT2D eigenvalue weighted by Crippen LogP contribution is -2.18. The predicted molar refractivity (Wildman–Crippen MR) is 68.6 cm³/mol. The van der Waals surface area contributed by atoms with Crippen LogP contribution in [0.4, 0.5) is 10.1 Å². The van der Waals surface area contributed by atoms with Crippen LogP contribution in [-0.2, 0) is 0 Å². The van der Waals surface area contributed by atoms with Crippen molar-refractivity contribution in [2.75, 3.05) is 5.32 Å². The van der Waals surface area contributed by atoms with Gasteiger partial charge in [-0.2, -0.15) is 0 Å². The summed E-state index contributed by atoms with van der Waals surface area (Å²) in [5.41, 5.74) is 0.771. The first-order chi connectivity index (χ1) is 7.65. The summed E-state index contributed by atoms with van der Waals surface area (Å²) in [6.45, 7) is 4.31. The quantitative estimate of drug-likeness (QED) is 0.752. The summed E-state index contributed by atoms with van der Waals surface area (Å²) in [7, 11) is 0. The van der Waals surface area contributed by atoms with Gasteiger partial charge in [0.25, 0.3) is 0 Å². The van der Waals surface area contributed by atoms with E-state index in [1.165, 1.54) is 25.0 Å². The molecule has 16 heavy (non-hydrogen) atoms. The molecule has 1 rings (SSSR count). The lowest BCUT2D eigenvalue weighted by molar-refractivity contribution is 0.591. The fraction of sp³-hybridized carbons (Fsp3) is 0.538. The minimum Gasteiger partial charge on any atom is -0.382 e. The molecule has 0 aliphatic carbocycles. The predicted octanol–water partition coefficient (Wildman–Crippen LogP) is 4.86. The molecule has 0 bridgehead atoms. The Labute approximate surface area is 102 Å². The normalized spacial score (nSPS) is 12.5. The zero-order valence-corrected chi connectivity index (χ0v) is 10.6. The molecule has 90 valence electrons. The summed E-state index contributed by atoms with van der Waals surface area (Å²) in [4.78, 5) is 0. The van der Waals surface area contributed by atoms with Gasteiger partial charge in [0.1, 0.15) is 5.82 Å². The molecule has 1 nitrogen and oxygen atoms in total. The van der Waals surface area contributed by atoms with E-state index >= 15 is 0 Å². The Morgan fingerprint density at radius 2 is 2.06 bits per heavy atom. The maximum atomic E-state index is 13.1. The highest BCUT2D eigenvalue weighted by Gasteiger charge is 2.06. The number of rotatable bonds is 6. The molecule has 1 atom stereocenters. The molecular weight excluding hydrogens is 225 g/mol. The van der Waals surface area contributed by atoms with Crippen LogP contribution in [0.5, 0.6) is 0 Å². The smallest absolute Gasteiger partial charge is 0.126 e. The van der Waals surface area contributed by atoms with E-state index in [1.54, 1.807) is 6.07 Å². The molecule has 1 aromatic carbocycles. The van der Waals surface area contributed by atoms with Gasteiger partial charge in [0, 0.05) is 16.8 Å². The Kier molecular flexibility index (Phi) is 5.61. The Bertz CT molecular complexity index is 307. The molecule has 0 fully saturated rings. The van der Waals surface area contributed by atoms with E-state index < -0.39 is 0 Å². The molecule has 0 heterocycles. The highest BCUT2D eigenvalue weighted by atomic mass is 35.5. The molecule has 0 aliphatic rings. The maximum absolute atomic E-state index is 13.1. The van der Waals surface area contributed by atoms with Gasteiger partial charge in [-0.1, -0.05) is 38.3 Å². The second kappa shape index (κ2) is 6.74. The Morgan fingerprint density at radius 3 is 2.62 bits per heavy atom. The molecule has 1 aromatic rings. The van der Waals surface area contributed by atoms with Gasteiger partial charge in [-0.25, -0.2) is 4.39 Å². The van der Waals surface area contributed by atoms with Crippen molar-refractivity contribution in [3.05, 3.63) is 29.0 Å². The molecule has 1 N–H and O–H groups in total. The maximum Gasteiger partial charge on any atom is 0.126 e. The summed E-state index contributed by atoms with van der Waals surface area (Å²) < 4.78 is 13.1. The van der Waals surface area contributed by atoms with Crippen LogP contribution in [0.15, 0.2) is 18.2 Å². The monoisotopic (exact) mass is 243 g/mol. The van der Waals surface area contributed by atoms with Crippen molar-refractivity contribution >= 4 is 17.3 Å². The molecule has 3 heteroatoms. The molecule has 0 aliphatic heterocycles. The van der Waals surface area contributed by atoms with Crippen LogP contribution in [-0.4, -0.2) is 6.04 Å². The number of anilines is 1. The largest absolute Gasteiger partial charge is 0.382 e. The van der Waals surface area contributed by atoms with Gasteiger partial charge in [-0.15, -0.1) is 0 Å². The summed E-state index contributed by atoms with van der Waals surface area (Å²) in [6.07, 6.45) is 4.52. The Balaban J connectivity index is 2.62. The van der Waals surface area contributed by atoms with E-state index in [-0.39, 0.29) is 5.82 Å². The fourth-order valence-electron chi connectivity index (χ4n) is 1.70. The third-order valence-corrected chi connectivity index (χ3v) is 2.85. The van der Waals surface area contributed by atoms with E-state index in [9.17, 15) is 4.39 Å². The second-order valence-electron chi connectivity index (χ2n) is 4.05. The van der Waals surface area contributed by atoms with Crippen LogP contribution >= 0.6 is 11.6 Å². The highest BCUT2D eigenvalue weighted by Crippen LogP contribution is 2.20. The molecule has 1 unspecified atom stereocenters. The molecule has 0 aromatic heterocycles. The van der Waals surface area contributed by atoms with Crippen molar-refractivity contribution < 1.29 is 4.39 Å². The van der Waals surface area contributed by atoms with Gasteiger partial charge in [0.2, 0.25) is 0 Å². The number of unbranched alkanes of at least 4 members (excludes halogenated alkanes) is 1. The lowest BCUT2D eigenvalue weighted by Gasteiger charge is -2.18. The van der Waals surface area contributed by atoms with E-state index in [1.807, 2.05) is 0 Å². The number of hydrogen-bond acceptors (Lipinski definition) is 1. The first kappa shape index (κ1) is 13.3. The lowest BCUT2D eigenvalue weighted by atomic mass is 10.1. The van der Waals surface area contributed by atoms with E-state index in [0.29, 0.717) is 11.1 Å². The van der Waals surface area contributed by atoms with Crippen molar-refractivity contribution in [2.24, 2.45) is 0 Å². The number of halogens is 2. The third-order valence-electron chi connectivity index (χ3n) is 2.63. The number of hydrogen-bond donors (Lipinski definition) is 1. The first-order valence-corrected chi connectivity index (χ1v) is 6.26. The first-order valence-electron chi connectivity index (χ1n) is 5.88. The van der Waals surface area contributed by atoms with Crippen molar-refractivity contribution in [1.82, 2.24) is 0 Å². The van der Waals surface area contributed by atoms with Crippen LogP contribution in [0, 0.1) is 5.82 Å². The van der Waals surface area contributed by atoms with Crippen LogP contribution < -0.4 is 5.32 Å². The van der Waals surface area contributed by atoms with Gasteiger partial charge in [-0.3, -0.25) is 0 Å². The SMILES string of the molecule is CCCCC(CC)Nc1cc(F)cc(Cl)c1.